The summed E-state index contributed by atoms with van der Waals surface area (Å²) in [6.07, 6.45) is 6.96. The summed E-state index contributed by atoms with van der Waals surface area (Å²) < 4.78 is 5.32. The number of H-pyrrole nitrogens is 1. The van der Waals surface area contributed by atoms with E-state index >= 15 is 0 Å². The number of ether oxygens (including phenoxy) is 1. The molecular weight excluding hydrogens is 244 g/mol. The Hall–Kier alpha value is -1.98. The van der Waals surface area contributed by atoms with Crippen molar-refractivity contribution in [1.29, 1.82) is 0 Å². The van der Waals surface area contributed by atoms with Crippen LogP contribution < -0.4 is 10.7 Å². The molecule has 0 aliphatic carbocycles. The molecule has 1 aromatic heterocycles. The van der Waals surface area contributed by atoms with Gasteiger partial charge in [-0.15, -0.1) is 0 Å². The standard InChI is InChI=1S/C13H18N4O2/c18-13(17-6-2-1-3-7-17)19-10-16-8-11-4-5-14-12(11)15-9-16/h4-5,8H,1-3,6-7,9-10H2,(H,14,15). The summed E-state index contributed by atoms with van der Waals surface area (Å²) in [5.41, 5.74) is 0.888. The second-order valence-corrected chi connectivity index (χ2v) is 4.89. The Morgan fingerprint density at radius 2 is 2.21 bits per heavy atom. The van der Waals surface area contributed by atoms with Gasteiger partial charge in [-0.05, 0) is 25.3 Å². The number of nitrogens with zero attached hydrogens (tertiary/aromatic N) is 3. The average Bonchev–Trinajstić information content (AvgIpc) is 2.93. The van der Waals surface area contributed by atoms with E-state index in [2.05, 4.69) is 9.98 Å². The first-order valence-electron chi connectivity index (χ1n) is 6.68. The van der Waals surface area contributed by atoms with Crippen molar-refractivity contribution in [3.05, 3.63) is 23.0 Å². The van der Waals surface area contributed by atoms with Crippen LogP contribution in [0, 0.1) is 0 Å². The highest BCUT2D eigenvalue weighted by atomic mass is 16.6. The van der Waals surface area contributed by atoms with Crippen LogP contribution in [0.2, 0.25) is 0 Å². The Bertz CT molecular complexity index is 559. The number of hydrogen-bond donors (Lipinski definition) is 1. The minimum absolute atomic E-state index is 0.215. The largest absolute Gasteiger partial charge is 0.428 e. The van der Waals surface area contributed by atoms with Gasteiger partial charge in [0.05, 0.1) is 0 Å². The van der Waals surface area contributed by atoms with Crippen LogP contribution in [0.15, 0.2) is 17.3 Å². The smallest absolute Gasteiger partial charge is 0.411 e. The Morgan fingerprint density at radius 1 is 1.37 bits per heavy atom. The number of aromatic amines is 1. The van der Waals surface area contributed by atoms with Gasteiger partial charge in [0.15, 0.2) is 6.73 Å². The molecule has 2 aliphatic heterocycles. The van der Waals surface area contributed by atoms with Crippen LogP contribution in [0.3, 0.4) is 0 Å². The molecular formula is C13H18N4O2. The van der Waals surface area contributed by atoms with Crippen molar-refractivity contribution < 1.29 is 9.53 Å². The lowest BCUT2D eigenvalue weighted by atomic mass is 10.1. The van der Waals surface area contributed by atoms with E-state index < -0.39 is 0 Å². The third kappa shape index (κ3) is 2.72. The Kier molecular flexibility index (Phi) is 3.39. The number of hydrogen-bond acceptors (Lipinski definition) is 4. The molecule has 102 valence electrons. The molecule has 6 nitrogen and oxygen atoms in total. The molecule has 19 heavy (non-hydrogen) atoms. The van der Waals surface area contributed by atoms with Gasteiger partial charge in [-0.1, -0.05) is 0 Å². The van der Waals surface area contributed by atoms with Crippen molar-refractivity contribution in [2.45, 2.75) is 19.3 Å². The first-order valence-corrected chi connectivity index (χ1v) is 6.68. The lowest BCUT2D eigenvalue weighted by Crippen LogP contribution is -2.40. The summed E-state index contributed by atoms with van der Waals surface area (Å²) in [7, 11) is 0. The second kappa shape index (κ2) is 5.34. The highest BCUT2D eigenvalue weighted by molar-refractivity contribution is 5.67. The van der Waals surface area contributed by atoms with Gasteiger partial charge in [-0.3, -0.25) is 0 Å². The lowest BCUT2D eigenvalue weighted by Gasteiger charge is -2.27. The minimum atomic E-state index is -0.215. The van der Waals surface area contributed by atoms with Crippen molar-refractivity contribution in [3.63, 3.8) is 0 Å². The van der Waals surface area contributed by atoms with Gasteiger partial charge in [0.1, 0.15) is 12.2 Å². The van der Waals surface area contributed by atoms with Gasteiger partial charge in [-0.25, -0.2) is 9.79 Å². The third-order valence-corrected chi connectivity index (χ3v) is 3.46. The molecule has 1 amide bonds. The fraction of sp³-hybridized carbons (Fsp3) is 0.538. The Labute approximate surface area is 111 Å². The van der Waals surface area contributed by atoms with E-state index in [0.29, 0.717) is 6.67 Å². The van der Waals surface area contributed by atoms with Gasteiger partial charge in [-0.2, -0.15) is 0 Å². The highest BCUT2D eigenvalue weighted by Gasteiger charge is 2.18. The Balaban J connectivity index is 1.54. The zero-order valence-electron chi connectivity index (χ0n) is 10.8. The van der Waals surface area contributed by atoms with Crippen molar-refractivity contribution >= 4 is 12.3 Å². The van der Waals surface area contributed by atoms with Gasteiger partial charge in [0.2, 0.25) is 0 Å². The topological polar surface area (TPSA) is 60.9 Å². The van der Waals surface area contributed by atoms with Crippen LogP contribution in [0.1, 0.15) is 19.3 Å². The SMILES string of the molecule is O=C(OCN1C=c2cc[nH]c2=NC1)N1CCCCC1. The maximum atomic E-state index is 11.9. The highest BCUT2D eigenvalue weighted by Crippen LogP contribution is 2.10. The van der Waals surface area contributed by atoms with Crippen LogP contribution in [0.4, 0.5) is 4.79 Å². The number of piperidine rings is 1. The van der Waals surface area contributed by atoms with E-state index in [9.17, 15) is 4.79 Å². The van der Waals surface area contributed by atoms with E-state index in [1.807, 2.05) is 23.4 Å². The molecule has 3 rings (SSSR count). The van der Waals surface area contributed by atoms with Gasteiger partial charge in [0.25, 0.3) is 0 Å². The van der Waals surface area contributed by atoms with E-state index in [1.54, 1.807) is 4.90 Å². The zero-order chi connectivity index (χ0) is 13.1. The number of carbonyl (C=O) groups excluding carboxylic acids is 1. The number of carbonyl (C=O) groups is 1. The van der Waals surface area contributed by atoms with Gasteiger partial charge in [0, 0.05) is 30.7 Å². The summed E-state index contributed by atoms with van der Waals surface area (Å²) in [6, 6.07) is 1.96. The average molecular weight is 262 g/mol. The number of fused-ring (bicyclic) bond motifs is 1. The number of aromatic nitrogens is 1. The van der Waals surface area contributed by atoms with Gasteiger partial charge < -0.3 is 19.5 Å². The normalized spacial score (nSPS) is 18.3. The monoisotopic (exact) mass is 262 g/mol. The summed E-state index contributed by atoms with van der Waals surface area (Å²) in [5.74, 6) is 0. The van der Waals surface area contributed by atoms with Crippen LogP contribution in [0.25, 0.3) is 6.20 Å². The van der Waals surface area contributed by atoms with E-state index in [-0.39, 0.29) is 12.8 Å². The summed E-state index contributed by atoms with van der Waals surface area (Å²) in [5, 5.41) is 1.03. The molecule has 1 aromatic rings. The minimum Gasteiger partial charge on any atom is -0.428 e. The van der Waals surface area contributed by atoms with Crippen LogP contribution in [-0.2, 0) is 4.74 Å². The first-order chi connectivity index (χ1) is 9.33. The molecule has 0 bridgehead atoms. The van der Waals surface area contributed by atoms with Crippen molar-refractivity contribution in [2.24, 2.45) is 4.99 Å². The molecule has 1 saturated heterocycles. The van der Waals surface area contributed by atoms with E-state index in [0.717, 1.165) is 36.6 Å². The van der Waals surface area contributed by atoms with Crippen LogP contribution in [-0.4, -0.2) is 47.4 Å². The van der Waals surface area contributed by atoms with Crippen molar-refractivity contribution in [3.8, 4) is 0 Å². The third-order valence-electron chi connectivity index (χ3n) is 3.46. The molecule has 2 aliphatic rings. The van der Waals surface area contributed by atoms with E-state index in [4.69, 9.17) is 4.74 Å². The second-order valence-electron chi connectivity index (χ2n) is 4.89. The summed E-state index contributed by atoms with van der Waals surface area (Å²) >= 11 is 0. The number of rotatable bonds is 2. The maximum Gasteiger partial charge on any atom is 0.411 e. The molecule has 1 fully saturated rings. The summed E-state index contributed by atoms with van der Waals surface area (Å²) in [4.78, 5) is 22.9. The molecule has 0 atom stereocenters. The maximum absolute atomic E-state index is 11.9. The predicted octanol–water partition coefficient (Wildman–Crippen LogP) is 0.225. The molecule has 0 radical (unpaired) electrons. The number of likely N-dealkylation sites (tertiary alicyclic amines) is 1. The number of nitrogens with one attached hydrogen (secondary N) is 1. The van der Waals surface area contributed by atoms with Gasteiger partial charge >= 0.3 is 6.09 Å². The fourth-order valence-corrected chi connectivity index (χ4v) is 2.40. The van der Waals surface area contributed by atoms with Crippen molar-refractivity contribution in [2.75, 3.05) is 26.5 Å². The first kappa shape index (κ1) is 12.1. The van der Waals surface area contributed by atoms with Crippen LogP contribution >= 0.6 is 0 Å². The van der Waals surface area contributed by atoms with Crippen molar-refractivity contribution in [1.82, 2.24) is 14.8 Å². The molecule has 0 aromatic carbocycles. The fourth-order valence-electron chi connectivity index (χ4n) is 2.40. The molecule has 3 heterocycles. The molecule has 1 N–H and O–H groups in total. The summed E-state index contributed by atoms with van der Waals surface area (Å²) in [6.45, 7) is 2.40. The molecule has 0 saturated carbocycles. The Morgan fingerprint density at radius 3 is 3.05 bits per heavy atom. The quantitative estimate of drug-likeness (QED) is 0.829. The molecule has 0 spiro atoms. The van der Waals surface area contributed by atoms with E-state index in [1.165, 1.54) is 6.42 Å². The molecule has 0 unspecified atom stereocenters. The lowest BCUT2D eigenvalue weighted by molar-refractivity contribution is 0.0626. The van der Waals surface area contributed by atoms with Crippen LogP contribution in [0.5, 0.6) is 0 Å². The molecule has 6 heteroatoms. The predicted molar refractivity (Wildman–Crippen MR) is 69.5 cm³/mol. The number of amides is 1. The zero-order valence-corrected chi connectivity index (χ0v) is 10.8.